The van der Waals surface area contributed by atoms with Gasteiger partial charge < -0.3 is 19.5 Å². The topological polar surface area (TPSA) is 73.9 Å². The highest BCUT2D eigenvalue weighted by molar-refractivity contribution is 8.00. The van der Waals surface area contributed by atoms with E-state index in [-0.39, 0.29) is 11.7 Å². The van der Waals surface area contributed by atoms with Crippen molar-refractivity contribution in [1.82, 2.24) is 0 Å². The van der Waals surface area contributed by atoms with E-state index >= 15 is 0 Å². The Labute approximate surface area is 173 Å². The quantitative estimate of drug-likeness (QED) is 0.576. The average Bonchev–Trinajstić information content (AvgIpc) is 3.20. The second-order valence-corrected chi connectivity index (χ2v) is 8.10. The van der Waals surface area contributed by atoms with Crippen LogP contribution in [0.3, 0.4) is 0 Å². The third kappa shape index (κ3) is 4.85. The van der Waals surface area contributed by atoms with Crippen LogP contribution in [0.25, 0.3) is 0 Å². The van der Waals surface area contributed by atoms with Gasteiger partial charge in [0.1, 0.15) is 13.2 Å². The summed E-state index contributed by atoms with van der Waals surface area (Å²) < 4.78 is 16.3. The van der Waals surface area contributed by atoms with Crippen molar-refractivity contribution >= 4 is 29.3 Å². The summed E-state index contributed by atoms with van der Waals surface area (Å²) in [6, 6.07) is 11.5. The molecular weight excluding hydrogens is 390 g/mol. The summed E-state index contributed by atoms with van der Waals surface area (Å²) in [6.45, 7) is 2.63. The van der Waals surface area contributed by atoms with Gasteiger partial charge in [-0.05, 0) is 67.6 Å². The number of thioether (sulfide) groups is 1. The van der Waals surface area contributed by atoms with Crippen molar-refractivity contribution in [2.45, 2.75) is 37.2 Å². The molecule has 1 heterocycles. The van der Waals surface area contributed by atoms with Crippen LogP contribution in [0.5, 0.6) is 11.5 Å². The SMILES string of the molecule is C[C@@H](OC(=O)CSc1ccc2c(c1)OCCO2)C(=O)Nc1ccc2c(c1)CCC2. The molecule has 2 aromatic rings. The highest BCUT2D eigenvalue weighted by Crippen LogP contribution is 2.34. The number of amides is 1. The number of carbonyl (C=O) groups is 2. The van der Waals surface area contributed by atoms with Crippen LogP contribution < -0.4 is 14.8 Å². The van der Waals surface area contributed by atoms with Crippen molar-refractivity contribution in [3.8, 4) is 11.5 Å². The third-order valence-electron chi connectivity index (χ3n) is 4.91. The Morgan fingerprint density at radius 1 is 1.07 bits per heavy atom. The van der Waals surface area contributed by atoms with Crippen LogP contribution in [0, 0.1) is 0 Å². The van der Waals surface area contributed by atoms with Crippen molar-refractivity contribution < 1.29 is 23.8 Å². The normalized spacial score (nSPS) is 15.3. The first-order valence-electron chi connectivity index (χ1n) is 9.73. The van der Waals surface area contributed by atoms with Crippen LogP contribution in [-0.4, -0.2) is 36.9 Å². The van der Waals surface area contributed by atoms with Gasteiger partial charge in [-0.25, -0.2) is 0 Å². The van der Waals surface area contributed by atoms with E-state index in [4.69, 9.17) is 14.2 Å². The van der Waals surface area contributed by atoms with Gasteiger partial charge in [-0.3, -0.25) is 9.59 Å². The number of fused-ring (bicyclic) bond motifs is 2. The van der Waals surface area contributed by atoms with E-state index in [0.29, 0.717) is 24.7 Å². The molecular formula is C22H23NO5S. The Morgan fingerprint density at radius 3 is 2.72 bits per heavy atom. The summed E-state index contributed by atoms with van der Waals surface area (Å²) in [5.41, 5.74) is 3.37. The Balaban J connectivity index is 1.26. The lowest BCUT2D eigenvalue weighted by molar-refractivity contribution is -0.150. The number of carbonyl (C=O) groups excluding carboxylic acids is 2. The van der Waals surface area contributed by atoms with E-state index in [9.17, 15) is 9.59 Å². The fraction of sp³-hybridized carbons (Fsp3) is 0.364. The number of anilines is 1. The predicted molar refractivity (Wildman–Crippen MR) is 111 cm³/mol. The standard InChI is InChI=1S/C22H23NO5S/c1-14(22(25)23-17-6-5-15-3-2-4-16(15)11-17)28-21(24)13-29-18-7-8-19-20(12-18)27-10-9-26-19/h5-8,11-12,14H,2-4,9-10,13H2,1H3,(H,23,25)/t14-/m1/s1. The molecule has 0 saturated heterocycles. The van der Waals surface area contributed by atoms with E-state index in [0.717, 1.165) is 29.8 Å². The summed E-state index contributed by atoms with van der Waals surface area (Å²) in [4.78, 5) is 25.4. The largest absolute Gasteiger partial charge is 0.486 e. The van der Waals surface area contributed by atoms with E-state index < -0.39 is 12.1 Å². The number of rotatable bonds is 6. The molecule has 0 unspecified atom stereocenters. The molecule has 1 aliphatic heterocycles. The first kappa shape index (κ1) is 19.6. The van der Waals surface area contributed by atoms with Gasteiger partial charge in [0.25, 0.3) is 5.91 Å². The van der Waals surface area contributed by atoms with Crippen molar-refractivity contribution in [3.63, 3.8) is 0 Å². The van der Waals surface area contributed by atoms with Gasteiger partial charge in [-0.2, -0.15) is 0 Å². The van der Waals surface area contributed by atoms with E-state index in [1.807, 2.05) is 30.3 Å². The molecule has 1 atom stereocenters. The molecule has 7 heteroatoms. The minimum atomic E-state index is -0.864. The molecule has 0 saturated carbocycles. The summed E-state index contributed by atoms with van der Waals surface area (Å²) in [5.74, 6) is 0.717. The maximum Gasteiger partial charge on any atom is 0.317 e. The van der Waals surface area contributed by atoms with Crippen LogP contribution in [0.2, 0.25) is 0 Å². The van der Waals surface area contributed by atoms with Crippen LogP contribution in [0.15, 0.2) is 41.3 Å². The number of hydrogen-bond donors (Lipinski definition) is 1. The third-order valence-corrected chi connectivity index (χ3v) is 5.88. The molecule has 0 fully saturated rings. The molecule has 4 rings (SSSR count). The summed E-state index contributed by atoms with van der Waals surface area (Å²) in [6.07, 6.45) is 2.43. The number of ether oxygens (including phenoxy) is 3. The molecule has 0 spiro atoms. The zero-order valence-corrected chi connectivity index (χ0v) is 17.1. The fourth-order valence-corrected chi connectivity index (χ4v) is 4.14. The smallest absolute Gasteiger partial charge is 0.317 e. The predicted octanol–water partition coefficient (Wildman–Crippen LogP) is 3.61. The molecule has 1 N–H and O–H groups in total. The lowest BCUT2D eigenvalue weighted by Crippen LogP contribution is -2.30. The van der Waals surface area contributed by atoms with E-state index in [1.54, 1.807) is 6.92 Å². The fourth-order valence-electron chi connectivity index (χ4n) is 3.43. The molecule has 2 aliphatic rings. The monoisotopic (exact) mass is 413 g/mol. The van der Waals surface area contributed by atoms with E-state index in [1.165, 1.54) is 22.9 Å². The Bertz CT molecular complexity index is 929. The van der Waals surface area contributed by atoms with Gasteiger partial charge in [0, 0.05) is 10.6 Å². The molecule has 1 amide bonds. The maximum absolute atomic E-state index is 12.4. The van der Waals surface area contributed by atoms with Crippen molar-refractivity contribution in [2.75, 3.05) is 24.3 Å². The average molecular weight is 413 g/mol. The maximum atomic E-state index is 12.4. The minimum absolute atomic E-state index is 0.107. The van der Waals surface area contributed by atoms with Gasteiger partial charge in [0.15, 0.2) is 17.6 Å². The summed E-state index contributed by atoms with van der Waals surface area (Å²) >= 11 is 1.33. The van der Waals surface area contributed by atoms with Gasteiger partial charge in [0.05, 0.1) is 5.75 Å². The van der Waals surface area contributed by atoms with Gasteiger partial charge in [0.2, 0.25) is 0 Å². The summed E-state index contributed by atoms with van der Waals surface area (Å²) in [5, 5.41) is 2.83. The van der Waals surface area contributed by atoms with Crippen molar-refractivity contribution in [2.24, 2.45) is 0 Å². The van der Waals surface area contributed by atoms with Crippen molar-refractivity contribution in [3.05, 3.63) is 47.5 Å². The number of esters is 1. The number of nitrogens with one attached hydrogen (secondary N) is 1. The lowest BCUT2D eigenvalue weighted by atomic mass is 10.1. The molecule has 0 aromatic heterocycles. The number of benzene rings is 2. The Hall–Kier alpha value is -2.67. The van der Waals surface area contributed by atoms with Crippen LogP contribution in [0.1, 0.15) is 24.5 Å². The molecule has 6 nitrogen and oxygen atoms in total. The second kappa shape index (κ2) is 8.78. The van der Waals surface area contributed by atoms with Gasteiger partial charge in [-0.1, -0.05) is 6.07 Å². The Kier molecular flexibility index (Phi) is 5.94. The van der Waals surface area contributed by atoms with Crippen LogP contribution >= 0.6 is 11.8 Å². The highest BCUT2D eigenvalue weighted by atomic mass is 32.2. The van der Waals surface area contributed by atoms with Gasteiger partial charge >= 0.3 is 5.97 Å². The van der Waals surface area contributed by atoms with Crippen molar-refractivity contribution in [1.29, 1.82) is 0 Å². The highest BCUT2D eigenvalue weighted by Gasteiger charge is 2.20. The molecule has 0 bridgehead atoms. The first-order chi connectivity index (χ1) is 14.1. The zero-order chi connectivity index (χ0) is 20.2. The van der Waals surface area contributed by atoms with Gasteiger partial charge in [-0.15, -0.1) is 11.8 Å². The van der Waals surface area contributed by atoms with Crippen LogP contribution in [0.4, 0.5) is 5.69 Å². The second-order valence-electron chi connectivity index (χ2n) is 7.05. The number of aryl methyl sites for hydroxylation is 2. The molecule has 1 aliphatic carbocycles. The molecule has 0 radical (unpaired) electrons. The number of hydrogen-bond acceptors (Lipinski definition) is 6. The minimum Gasteiger partial charge on any atom is -0.486 e. The lowest BCUT2D eigenvalue weighted by Gasteiger charge is -2.18. The molecule has 29 heavy (non-hydrogen) atoms. The molecule has 2 aromatic carbocycles. The first-order valence-corrected chi connectivity index (χ1v) is 10.7. The Morgan fingerprint density at radius 2 is 1.86 bits per heavy atom. The van der Waals surface area contributed by atoms with E-state index in [2.05, 4.69) is 11.4 Å². The summed E-state index contributed by atoms with van der Waals surface area (Å²) in [7, 11) is 0. The zero-order valence-electron chi connectivity index (χ0n) is 16.2. The van der Waals surface area contributed by atoms with Crippen LogP contribution in [-0.2, 0) is 27.2 Å². The molecule has 152 valence electrons.